The number of aliphatic hydroxyl groups excluding tert-OH is 1. The summed E-state index contributed by atoms with van der Waals surface area (Å²) in [5.74, 6) is 1.02. The molecule has 1 aliphatic rings. The van der Waals surface area contributed by atoms with E-state index >= 15 is 0 Å². The van der Waals surface area contributed by atoms with E-state index in [4.69, 9.17) is 4.74 Å². The molecule has 1 fully saturated rings. The zero-order chi connectivity index (χ0) is 16.1. The van der Waals surface area contributed by atoms with Crippen LogP contribution >= 0.6 is 0 Å². The van der Waals surface area contributed by atoms with Gasteiger partial charge in [-0.05, 0) is 43.3 Å². The molecular weight excluding hydrogens is 288 g/mol. The largest absolute Gasteiger partial charge is 0.490 e. The first-order valence-electron chi connectivity index (χ1n) is 8.17. The fraction of sp³-hybridized carbons (Fsp3) is 0.421. The number of nitrogens with zero attached hydrogens (tertiary/aromatic N) is 1. The molecule has 2 aromatic carbocycles. The first-order chi connectivity index (χ1) is 11.3. The molecule has 0 aliphatic carbocycles. The smallest absolute Gasteiger partial charge is 0.127 e. The van der Waals surface area contributed by atoms with Gasteiger partial charge in [-0.1, -0.05) is 36.4 Å². The van der Waals surface area contributed by atoms with Crippen LogP contribution in [-0.4, -0.2) is 30.9 Å². The Morgan fingerprint density at radius 1 is 1.26 bits per heavy atom. The number of ether oxygens (including phenoxy) is 1. The van der Waals surface area contributed by atoms with Crippen molar-refractivity contribution in [2.75, 3.05) is 19.7 Å². The lowest BCUT2D eigenvalue weighted by Crippen LogP contribution is -2.38. The van der Waals surface area contributed by atoms with Crippen LogP contribution < -0.4 is 10.1 Å². The number of nitrogens with one attached hydrogen (secondary N) is 1. The monoisotopic (exact) mass is 310 g/mol. The number of rotatable bonds is 5. The summed E-state index contributed by atoms with van der Waals surface area (Å²) in [7, 11) is 0. The number of fused-ring (bicyclic) bond motifs is 1. The van der Waals surface area contributed by atoms with E-state index in [2.05, 4.69) is 11.4 Å². The lowest BCUT2D eigenvalue weighted by Gasteiger charge is -2.29. The first-order valence-corrected chi connectivity index (χ1v) is 8.17. The van der Waals surface area contributed by atoms with Crippen molar-refractivity contribution in [3.05, 3.63) is 42.5 Å². The fourth-order valence-electron chi connectivity index (χ4n) is 3.27. The van der Waals surface area contributed by atoms with Gasteiger partial charge in [0.15, 0.2) is 0 Å². The molecule has 0 saturated carbocycles. The molecule has 0 radical (unpaired) electrons. The van der Waals surface area contributed by atoms with Gasteiger partial charge in [0.1, 0.15) is 12.4 Å². The lowest BCUT2D eigenvalue weighted by atomic mass is 9.84. The normalized spacial score (nSPS) is 22.4. The molecule has 4 nitrogen and oxygen atoms in total. The number of nitriles is 1. The summed E-state index contributed by atoms with van der Waals surface area (Å²) >= 11 is 0. The van der Waals surface area contributed by atoms with Crippen LogP contribution in [0.2, 0.25) is 0 Å². The summed E-state index contributed by atoms with van der Waals surface area (Å²) in [6, 6.07) is 16.3. The van der Waals surface area contributed by atoms with E-state index in [0.29, 0.717) is 6.42 Å². The van der Waals surface area contributed by atoms with E-state index < -0.39 is 6.10 Å². The zero-order valence-corrected chi connectivity index (χ0v) is 13.1. The average Bonchev–Trinajstić information content (AvgIpc) is 2.60. The Labute approximate surface area is 136 Å². The number of hydrogen-bond donors (Lipinski definition) is 2. The highest BCUT2D eigenvalue weighted by Gasteiger charge is 2.27. The highest BCUT2D eigenvalue weighted by molar-refractivity contribution is 5.88. The van der Waals surface area contributed by atoms with Gasteiger partial charge in [0.05, 0.1) is 18.1 Å². The summed E-state index contributed by atoms with van der Waals surface area (Å²) < 4.78 is 5.84. The molecule has 3 atom stereocenters. The Balaban J connectivity index is 1.60. The fourth-order valence-corrected chi connectivity index (χ4v) is 3.27. The predicted octanol–water partition coefficient (Wildman–Crippen LogP) is 2.72. The van der Waals surface area contributed by atoms with E-state index in [1.807, 2.05) is 42.5 Å². The van der Waals surface area contributed by atoms with Gasteiger partial charge in [-0.2, -0.15) is 5.26 Å². The van der Waals surface area contributed by atoms with Crippen molar-refractivity contribution in [2.45, 2.75) is 18.9 Å². The third kappa shape index (κ3) is 3.82. The Morgan fingerprint density at radius 2 is 2.09 bits per heavy atom. The Hall–Kier alpha value is -2.09. The van der Waals surface area contributed by atoms with Crippen molar-refractivity contribution in [3.8, 4) is 11.8 Å². The number of hydrogen-bond acceptors (Lipinski definition) is 4. The van der Waals surface area contributed by atoms with Gasteiger partial charge in [-0.15, -0.1) is 0 Å². The number of piperidine rings is 1. The molecule has 2 N–H and O–H groups in total. The molecule has 1 heterocycles. The minimum atomic E-state index is -0.560. The molecule has 3 rings (SSSR count). The summed E-state index contributed by atoms with van der Waals surface area (Å²) in [6.07, 6.45) is 0.892. The molecule has 4 heteroatoms. The van der Waals surface area contributed by atoms with Gasteiger partial charge in [-0.3, -0.25) is 0 Å². The van der Waals surface area contributed by atoms with Crippen LogP contribution in [0, 0.1) is 23.2 Å². The molecule has 3 unspecified atom stereocenters. The highest BCUT2D eigenvalue weighted by atomic mass is 16.5. The van der Waals surface area contributed by atoms with Crippen LogP contribution in [-0.2, 0) is 0 Å². The summed E-state index contributed by atoms with van der Waals surface area (Å²) in [5.41, 5.74) is 0. The third-order valence-electron chi connectivity index (χ3n) is 4.53. The maximum atomic E-state index is 10.3. The van der Waals surface area contributed by atoms with Crippen molar-refractivity contribution in [1.29, 1.82) is 5.26 Å². The molecule has 0 aromatic heterocycles. The second-order valence-electron chi connectivity index (χ2n) is 6.17. The first kappa shape index (κ1) is 15.8. The minimum Gasteiger partial charge on any atom is -0.490 e. The Morgan fingerprint density at radius 3 is 2.96 bits per heavy atom. The van der Waals surface area contributed by atoms with Crippen LogP contribution in [0.1, 0.15) is 12.8 Å². The van der Waals surface area contributed by atoms with Crippen molar-refractivity contribution in [1.82, 2.24) is 5.32 Å². The Bertz CT molecular complexity index is 690. The number of aliphatic hydroxyl groups is 1. The van der Waals surface area contributed by atoms with E-state index in [0.717, 1.165) is 36.0 Å². The van der Waals surface area contributed by atoms with E-state index in [1.165, 1.54) is 0 Å². The van der Waals surface area contributed by atoms with Crippen LogP contribution in [0.5, 0.6) is 5.75 Å². The van der Waals surface area contributed by atoms with Gasteiger partial charge < -0.3 is 15.2 Å². The number of benzene rings is 2. The van der Waals surface area contributed by atoms with Gasteiger partial charge in [0, 0.05) is 5.39 Å². The van der Waals surface area contributed by atoms with Crippen LogP contribution in [0.4, 0.5) is 0 Å². The second kappa shape index (κ2) is 7.45. The van der Waals surface area contributed by atoms with Crippen molar-refractivity contribution in [2.24, 2.45) is 11.8 Å². The summed E-state index contributed by atoms with van der Waals surface area (Å²) in [5, 5.41) is 25.0. The minimum absolute atomic E-state index is 0.0310. The van der Waals surface area contributed by atoms with Crippen LogP contribution in [0.3, 0.4) is 0 Å². The van der Waals surface area contributed by atoms with Crippen molar-refractivity contribution in [3.63, 3.8) is 0 Å². The average molecular weight is 310 g/mol. The predicted molar refractivity (Wildman–Crippen MR) is 90.1 cm³/mol. The molecule has 120 valence electrons. The SMILES string of the molecule is N#CC1CCNCC1CC(O)COc1cccc2ccccc12. The van der Waals surface area contributed by atoms with E-state index in [1.54, 1.807) is 0 Å². The van der Waals surface area contributed by atoms with E-state index in [-0.39, 0.29) is 18.4 Å². The standard InChI is InChI=1S/C19H22N2O2/c20-11-15-8-9-21-12-16(15)10-17(22)13-23-19-7-3-5-14-4-1-2-6-18(14)19/h1-7,15-17,21-22H,8-10,12-13H2. The third-order valence-corrected chi connectivity index (χ3v) is 4.53. The maximum Gasteiger partial charge on any atom is 0.127 e. The van der Waals surface area contributed by atoms with Crippen LogP contribution in [0.25, 0.3) is 10.8 Å². The zero-order valence-electron chi connectivity index (χ0n) is 13.1. The van der Waals surface area contributed by atoms with Gasteiger partial charge in [0.2, 0.25) is 0 Å². The molecule has 0 amide bonds. The second-order valence-corrected chi connectivity index (χ2v) is 6.17. The van der Waals surface area contributed by atoms with Gasteiger partial charge in [-0.25, -0.2) is 0 Å². The Kier molecular flexibility index (Phi) is 5.12. The van der Waals surface area contributed by atoms with Crippen LogP contribution in [0.15, 0.2) is 42.5 Å². The molecule has 0 bridgehead atoms. The van der Waals surface area contributed by atoms with Crippen molar-refractivity contribution >= 4 is 10.8 Å². The topological polar surface area (TPSA) is 65.3 Å². The van der Waals surface area contributed by atoms with Gasteiger partial charge >= 0.3 is 0 Å². The van der Waals surface area contributed by atoms with E-state index in [9.17, 15) is 10.4 Å². The highest BCUT2D eigenvalue weighted by Crippen LogP contribution is 2.26. The maximum absolute atomic E-state index is 10.3. The molecule has 2 aromatic rings. The molecule has 23 heavy (non-hydrogen) atoms. The quantitative estimate of drug-likeness (QED) is 0.891. The lowest BCUT2D eigenvalue weighted by molar-refractivity contribution is 0.0745. The van der Waals surface area contributed by atoms with Crippen molar-refractivity contribution < 1.29 is 9.84 Å². The van der Waals surface area contributed by atoms with Gasteiger partial charge in [0.25, 0.3) is 0 Å². The summed E-state index contributed by atoms with van der Waals surface area (Å²) in [6.45, 7) is 1.93. The molecule has 1 aliphatic heterocycles. The molecule has 0 spiro atoms. The summed E-state index contributed by atoms with van der Waals surface area (Å²) in [4.78, 5) is 0. The molecule has 1 saturated heterocycles. The molecular formula is C19H22N2O2.